The van der Waals surface area contributed by atoms with Gasteiger partial charge in [0.15, 0.2) is 0 Å². The molecule has 19 heavy (non-hydrogen) atoms. The van der Waals surface area contributed by atoms with E-state index in [1.54, 1.807) is 0 Å². The Bertz CT molecular complexity index is 267. The number of likely N-dealkylation sites (N-methyl/N-ethyl adjacent to an activating group) is 1. The highest BCUT2D eigenvalue weighted by atomic mass is 17.0. The lowest BCUT2D eigenvalue weighted by Crippen LogP contribution is -2.29. The maximum atomic E-state index is 9.85. The summed E-state index contributed by atoms with van der Waals surface area (Å²) in [6.45, 7) is 1.23. The highest BCUT2D eigenvalue weighted by Gasteiger charge is 2.16. The second kappa shape index (κ2) is 10.4. The predicted octanol–water partition coefficient (Wildman–Crippen LogP) is 1.34. The highest BCUT2D eigenvalue weighted by molar-refractivity contribution is 5.64. The molecule has 0 aromatic carbocycles. The van der Waals surface area contributed by atoms with Crippen LogP contribution in [0.25, 0.3) is 0 Å². The van der Waals surface area contributed by atoms with Crippen molar-refractivity contribution in [2.75, 3.05) is 27.2 Å². The molecule has 1 aliphatic rings. The first kappa shape index (κ1) is 17.4. The van der Waals surface area contributed by atoms with E-state index in [4.69, 9.17) is 5.11 Å². The highest BCUT2D eigenvalue weighted by Crippen LogP contribution is 2.19. The molecule has 8 nitrogen and oxygen atoms in total. The monoisotopic (exact) mass is 277 g/mol. The van der Waals surface area contributed by atoms with Crippen molar-refractivity contribution in [1.29, 1.82) is 0 Å². The van der Waals surface area contributed by atoms with Crippen molar-refractivity contribution in [2.24, 2.45) is 0 Å². The van der Waals surface area contributed by atoms with Crippen molar-refractivity contribution < 1.29 is 19.8 Å². The van der Waals surface area contributed by atoms with Crippen LogP contribution in [0, 0.1) is 10.1 Å². The van der Waals surface area contributed by atoms with Crippen LogP contribution in [0.2, 0.25) is 0 Å². The molecule has 1 fully saturated rings. The lowest BCUT2D eigenvalue weighted by atomic mass is 9.98. The van der Waals surface area contributed by atoms with Gasteiger partial charge in [-0.1, -0.05) is 19.3 Å². The molecule has 1 amide bonds. The Morgan fingerprint density at radius 1 is 1.42 bits per heavy atom. The maximum Gasteiger partial charge on any atom is 0.404 e. The Kier molecular flexibility index (Phi) is 9.51. The van der Waals surface area contributed by atoms with E-state index in [0.29, 0.717) is 6.54 Å². The molecule has 0 unspecified atom stereocenters. The van der Waals surface area contributed by atoms with Crippen LogP contribution in [0.5, 0.6) is 0 Å². The molecule has 1 aliphatic carbocycles. The van der Waals surface area contributed by atoms with Gasteiger partial charge in [0, 0.05) is 13.1 Å². The third kappa shape index (κ3) is 12.7. The zero-order chi connectivity index (χ0) is 14.7. The summed E-state index contributed by atoms with van der Waals surface area (Å²) in [6, 6.07) is 0. The predicted molar refractivity (Wildman–Crippen MR) is 69.5 cm³/mol. The molecule has 2 N–H and O–H groups in total. The average molecular weight is 277 g/mol. The lowest BCUT2D eigenvalue weighted by Gasteiger charge is -2.18. The van der Waals surface area contributed by atoms with Gasteiger partial charge < -0.3 is 20.2 Å². The van der Waals surface area contributed by atoms with Crippen LogP contribution in [0.3, 0.4) is 0 Å². The minimum absolute atomic E-state index is 0.122. The van der Waals surface area contributed by atoms with Gasteiger partial charge in [0.05, 0.1) is 0 Å². The third-order valence-electron chi connectivity index (χ3n) is 2.62. The van der Waals surface area contributed by atoms with Gasteiger partial charge >= 0.3 is 6.09 Å². The number of hydrogen-bond donors (Lipinski definition) is 2. The summed E-state index contributed by atoms with van der Waals surface area (Å²) >= 11 is 0. The van der Waals surface area contributed by atoms with Crippen molar-refractivity contribution in [3.63, 3.8) is 0 Å². The van der Waals surface area contributed by atoms with E-state index in [2.05, 4.69) is 10.2 Å². The standard InChI is InChI=1S/C6H11NO3.C5H12N2O2/c8-7(9)10-6-4-2-1-3-5-6;1-7(2)4-3-6-5(8)9/h6H,1-5H2;6H,3-4H2,1-2H3,(H,8,9). The molecule has 0 aliphatic heterocycles. The maximum absolute atomic E-state index is 9.85. The molecular weight excluding hydrogens is 254 g/mol. The van der Waals surface area contributed by atoms with E-state index in [-0.39, 0.29) is 6.10 Å². The lowest BCUT2D eigenvalue weighted by molar-refractivity contribution is -0.769. The fourth-order valence-electron chi connectivity index (χ4n) is 1.68. The fraction of sp³-hybridized carbons (Fsp3) is 0.909. The molecule has 1 rings (SSSR count). The van der Waals surface area contributed by atoms with E-state index in [1.165, 1.54) is 6.42 Å². The molecule has 0 bridgehead atoms. The summed E-state index contributed by atoms with van der Waals surface area (Å²) in [4.78, 5) is 26.0. The Labute approximate surface area is 112 Å². The first-order valence-corrected chi connectivity index (χ1v) is 6.34. The number of rotatable bonds is 5. The molecule has 0 saturated heterocycles. The Hall–Kier alpha value is -1.57. The van der Waals surface area contributed by atoms with Crippen molar-refractivity contribution in [3.8, 4) is 0 Å². The van der Waals surface area contributed by atoms with Gasteiger partial charge in [0.2, 0.25) is 0 Å². The number of carboxylic acid groups (broad SMARTS) is 1. The molecule has 0 radical (unpaired) electrons. The van der Waals surface area contributed by atoms with Crippen LogP contribution < -0.4 is 5.32 Å². The number of hydrogen-bond acceptors (Lipinski definition) is 5. The van der Waals surface area contributed by atoms with E-state index in [0.717, 1.165) is 32.2 Å². The smallest absolute Gasteiger partial charge is 0.404 e. The topological polar surface area (TPSA) is 105 Å². The second-order valence-corrected chi connectivity index (χ2v) is 4.62. The molecule has 0 heterocycles. The largest absolute Gasteiger partial charge is 0.465 e. The van der Waals surface area contributed by atoms with E-state index in [1.807, 2.05) is 19.0 Å². The quantitative estimate of drug-likeness (QED) is 0.580. The van der Waals surface area contributed by atoms with Gasteiger partial charge in [0.1, 0.15) is 6.10 Å². The van der Waals surface area contributed by atoms with Gasteiger partial charge in [-0.3, -0.25) is 0 Å². The van der Waals surface area contributed by atoms with Gasteiger partial charge in [-0.25, -0.2) is 4.79 Å². The first-order chi connectivity index (χ1) is 8.91. The Balaban J connectivity index is 0.000000344. The van der Waals surface area contributed by atoms with Crippen LogP contribution in [-0.4, -0.2) is 54.5 Å². The summed E-state index contributed by atoms with van der Waals surface area (Å²) in [6.07, 6.45) is 3.94. The summed E-state index contributed by atoms with van der Waals surface area (Å²) < 4.78 is 0. The van der Waals surface area contributed by atoms with Crippen molar-refractivity contribution >= 4 is 6.09 Å². The van der Waals surface area contributed by atoms with Crippen LogP contribution in [0.15, 0.2) is 0 Å². The van der Waals surface area contributed by atoms with Crippen LogP contribution >= 0.6 is 0 Å². The van der Waals surface area contributed by atoms with Crippen molar-refractivity contribution in [3.05, 3.63) is 10.1 Å². The third-order valence-corrected chi connectivity index (χ3v) is 2.62. The second-order valence-electron chi connectivity index (χ2n) is 4.62. The van der Waals surface area contributed by atoms with E-state index >= 15 is 0 Å². The Morgan fingerprint density at radius 2 is 2.00 bits per heavy atom. The molecule has 0 aromatic heterocycles. The summed E-state index contributed by atoms with van der Waals surface area (Å²) in [5.74, 6) is 0. The fourth-order valence-corrected chi connectivity index (χ4v) is 1.68. The van der Waals surface area contributed by atoms with Crippen LogP contribution in [0.4, 0.5) is 4.79 Å². The molecule has 1 saturated carbocycles. The van der Waals surface area contributed by atoms with Gasteiger partial charge in [-0.2, -0.15) is 0 Å². The minimum atomic E-state index is -0.961. The van der Waals surface area contributed by atoms with Crippen LogP contribution in [-0.2, 0) is 4.84 Å². The molecule has 0 atom stereocenters. The van der Waals surface area contributed by atoms with Gasteiger partial charge in [0.25, 0.3) is 5.09 Å². The SMILES string of the molecule is CN(C)CCNC(=O)O.O=[N+]([O-])OC1CCCCC1. The van der Waals surface area contributed by atoms with Crippen molar-refractivity contribution in [2.45, 2.75) is 38.2 Å². The molecule has 0 spiro atoms. The van der Waals surface area contributed by atoms with E-state index < -0.39 is 11.2 Å². The van der Waals surface area contributed by atoms with Crippen molar-refractivity contribution in [1.82, 2.24) is 10.2 Å². The number of nitrogens with zero attached hydrogens (tertiary/aromatic N) is 2. The zero-order valence-corrected chi connectivity index (χ0v) is 11.5. The molecular formula is C11H23N3O5. The van der Waals surface area contributed by atoms with Crippen LogP contribution in [0.1, 0.15) is 32.1 Å². The normalized spacial score (nSPS) is 15.3. The number of nitrogens with one attached hydrogen (secondary N) is 1. The summed E-state index contributed by atoms with van der Waals surface area (Å²) in [5, 5.41) is 19.5. The molecule has 8 heteroatoms. The zero-order valence-electron chi connectivity index (χ0n) is 11.5. The number of carbonyl (C=O) groups is 1. The average Bonchev–Trinajstić information content (AvgIpc) is 2.29. The van der Waals surface area contributed by atoms with Gasteiger partial charge in [-0.05, 0) is 26.9 Å². The summed E-state index contributed by atoms with van der Waals surface area (Å²) in [5.41, 5.74) is 0. The molecule has 112 valence electrons. The molecule has 0 aromatic rings. The van der Waals surface area contributed by atoms with Gasteiger partial charge in [-0.15, -0.1) is 10.1 Å². The number of amides is 1. The first-order valence-electron chi connectivity index (χ1n) is 6.34. The Morgan fingerprint density at radius 3 is 2.42 bits per heavy atom. The van der Waals surface area contributed by atoms with E-state index in [9.17, 15) is 14.9 Å². The summed E-state index contributed by atoms with van der Waals surface area (Å²) in [7, 11) is 3.78. The minimum Gasteiger partial charge on any atom is -0.465 e.